The molecule has 18 heavy (non-hydrogen) atoms. The molecule has 0 spiro atoms. The molecule has 0 saturated heterocycles. The highest BCUT2D eigenvalue weighted by Crippen LogP contribution is 2.09. The topological polar surface area (TPSA) is 103 Å². The summed E-state index contributed by atoms with van der Waals surface area (Å²) in [5.74, 6) is -1.14. The predicted molar refractivity (Wildman–Crippen MR) is 63.4 cm³/mol. The number of hydrogen-bond donors (Lipinski definition) is 2. The van der Waals surface area contributed by atoms with Crippen molar-refractivity contribution in [3.05, 3.63) is 46.8 Å². The second-order valence-corrected chi connectivity index (χ2v) is 3.43. The highest BCUT2D eigenvalue weighted by Gasteiger charge is 2.11. The van der Waals surface area contributed by atoms with E-state index in [0.717, 1.165) is 5.56 Å². The molecular formula is C12H8N4O2. The first-order valence-corrected chi connectivity index (χ1v) is 5.03. The number of rotatable bonds is 3. The molecule has 0 radical (unpaired) electrons. The Labute approximate surface area is 102 Å². The maximum Gasteiger partial charge on any atom is 0.358 e. The Morgan fingerprint density at radius 3 is 2.61 bits per heavy atom. The van der Waals surface area contributed by atoms with E-state index in [1.54, 1.807) is 36.4 Å². The summed E-state index contributed by atoms with van der Waals surface area (Å²) >= 11 is 0. The Balaban J connectivity index is 2.22. The Hall–Kier alpha value is -2.94. The first-order chi connectivity index (χ1) is 8.70. The maximum absolute atomic E-state index is 10.8. The molecule has 6 nitrogen and oxygen atoms in total. The standard InChI is InChI=1S/C12H8N4O2/c13-7-9-3-1-8(2-4-9)5-6-10-11(12(17)18)15-16-14-10/h1-6H,(H,17,18)(H,14,15,16)/b6-5+. The quantitative estimate of drug-likeness (QED) is 0.847. The van der Waals surface area contributed by atoms with Gasteiger partial charge in [-0.2, -0.15) is 15.6 Å². The summed E-state index contributed by atoms with van der Waals surface area (Å²) in [6.07, 6.45) is 3.25. The highest BCUT2D eigenvalue weighted by atomic mass is 16.4. The van der Waals surface area contributed by atoms with E-state index in [1.165, 1.54) is 0 Å². The first-order valence-electron chi connectivity index (χ1n) is 5.03. The van der Waals surface area contributed by atoms with Gasteiger partial charge in [0.15, 0.2) is 5.69 Å². The zero-order chi connectivity index (χ0) is 13.0. The summed E-state index contributed by atoms with van der Waals surface area (Å²) in [5.41, 5.74) is 1.54. The van der Waals surface area contributed by atoms with E-state index in [4.69, 9.17) is 10.4 Å². The van der Waals surface area contributed by atoms with Crippen molar-refractivity contribution in [3.63, 3.8) is 0 Å². The molecule has 0 aliphatic carbocycles. The van der Waals surface area contributed by atoms with E-state index in [0.29, 0.717) is 5.56 Å². The minimum absolute atomic E-state index is 0.125. The Morgan fingerprint density at radius 2 is 2.00 bits per heavy atom. The summed E-state index contributed by atoms with van der Waals surface area (Å²) in [6, 6.07) is 8.90. The second kappa shape index (κ2) is 4.93. The molecule has 0 aliphatic rings. The van der Waals surface area contributed by atoms with Gasteiger partial charge in [0.05, 0.1) is 11.6 Å². The predicted octanol–water partition coefficient (Wildman–Crippen LogP) is 1.54. The third kappa shape index (κ3) is 2.41. The van der Waals surface area contributed by atoms with Gasteiger partial charge < -0.3 is 5.11 Å². The molecule has 2 aromatic rings. The van der Waals surface area contributed by atoms with Crippen molar-refractivity contribution in [2.24, 2.45) is 0 Å². The molecule has 0 aliphatic heterocycles. The van der Waals surface area contributed by atoms with Gasteiger partial charge in [-0.3, -0.25) is 0 Å². The van der Waals surface area contributed by atoms with Gasteiger partial charge in [0.2, 0.25) is 0 Å². The summed E-state index contributed by atoms with van der Waals surface area (Å²) in [5, 5.41) is 27.0. The van der Waals surface area contributed by atoms with Gasteiger partial charge in [-0.25, -0.2) is 4.79 Å². The van der Waals surface area contributed by atoms with Crippen LogP contribution in [-0.4, -0.2) is 26.5 Å². The van der Waals surface area contributed by atoms with Crippen molar-refractivity contribution in [1.82, 2.24) is 15.4 Å². The zero-order valence-electron chi connectivity index (χ0n) is 9.16. The molecule has 1 heterocycles. The van der Waals surface area contributed by atoms with Crippen LogP contribution in [0, 0.1) is 11.3 Å². The molecular weight excluding hydrogens is 232 g/mol. The summed E-state index contributed by atoms with van der Waals surface area (Å²) < 4.78 is 0. The molecule has 2 N–H and O–H groups in total. The van der Waals surface area contributed by atoms with Crippen LogP contribution in [0.25, 0.3) is 12.2 Å². The number of H-pyrrole nitrogens is 1. The van der Waals surface area contributed by atoms with Crippen molar-refractivity contribution in [2.75, 3.05) is 0 Å². The normalized spacial score (nSPS) is 10.4. The average Bonchev–Trinajstić information content (AvgIpc) is 2.85. The van der Waals surface area contributed by atoms with Gasteiger partial charge >= 0.3 is 5.97 Å². The first kappa shape index (κ1) is 11.5. The number of nitrogens with one attached hydrogen (secondary N) is 1. The highest BCUT2D eigenvalue weighted by molar-refractivity contribution is 5.90. The number of carboxylic acids is 1. The van der Waals surface area contributed by atoms with E-state index in [9.17, 15) is 4.79 Å². The van der Waals surface area contributed by atoms with Crippen LogP contribution < -0.4 is 0 Å². The van der Waals surface area contributed by atoms with Crippen LogP contribution in [0.4, 0.5) is 0 Å². The number of carbonyl (C=O) groups is 1. The average molecular weight is 240 g/mol. The van der Waals surface area contributed by atoms with Crippen LogP contribution >= 0.6 is 0 Å². The van der Waals surface area contributed by atoms with Crippen molar-refractivity contribution in [3.8, 4) is 6.07 Å². The third-order valence-electron chi connectivity index (χ3n) is 2.25. The molecule has 0 fully saturated rings. The second-order valence-electron chi connectivity index (χ2n) is 3.43. The molecule has 1 aromatic heterocycles. The summed E-state index contributed by atoms with van der Waals surface area (Å²) in [6.45, 7) is 0. The zero-order valence-corrected chi connectivity index (χ0v) is 9.16. The van der Waals surface area contributed by atoms with Crippen molar-refractivity contribution >= 4 is 18.1 Å². The van der Waals surface area contributed by atoms with E-state index >= 15 is 0 Å². The van der Waals surface area contributed by atoms with Gasteiger partial charge in [-0.15, -0.1) is 5.10 Å². The number of carboxylic acid groups (broad SMARTS) is 1. The monoisotopic (exact) mass is 240 g/mol. The molecule has 0 saturated carbocycles. The number of benzene rings is 1. The van der Waals surface area contributed by atoms with Crippen molar-refractivity contribution < 1.29 is 9.90 Å². The molecule has 88 valence electrons. The molecule has 6 heteroatoms. The number of aromatic amines is 1. The SMILES string of the molecule is N#Cc1ccc(/C=C/c2n[nH]nc2C(=O)O)cc1. The summed E-state index contributed by atoms with van der Waals surface area (Å²) in [4.78, 5) is 10.8. The Morgan fingerprint density at radius 1 is 1.28 bits per heavy atom. The van der Waals surface area contributed by atoms with E-state index in [1.807, 2.05) is 6.07 Å². The fourth-order valence-electron chi connectivity index (χ4n) is 1.36. The largest absolute Gasteiger partial charge is 0.476 e. The smallest absolute Gasteiger partial charge is 0.358 e. The third-order valence-corrected chi connectivity index (χ3v) is 2.25. The number of nitriles is 1. The number of aromatic carboxylic acids is 1. The number of aromatic nitrogens is 3. The lowest BCUT2D eigenvalue weighted by Crippen LogP contribution is -1.98. The van der Waals surface area contributed by atoms with Crippen LogP contribution in [0.1, 0.15) is 27.3 Å². The van der Waals surface area contributed by atoms with Crippen LogP contribution in [-0.2, 0) is 0 Å². The van der Waals surface area contributed by atoms with Gasteiger partial charge in [-0.1, -0.05) is 18.2 Å². The minimum atomic E-state index is -1.14. The number of nitrogens with zero attached hydrogens (tertiary/aromatic N) is 3. The van der Waals surface area contributed by atoms with Crippen molar-refractivity contribution in [1.29, 1.82) is 5.26 Å². The van der Waals surface area contributed by atoms with Crippen LogP contribution in [0.3, 0.4) is 0 Å². The fourth-order valence-corrected chi connectivity index (χ4v) is 1.36. The van der Waals surface area contributed by atoms with Gasteiger partial charge in [0, 0.05) is 0 Å². The van der Waals surface area contributed by atoms with Gasteiger partial charge in [-0.05, 0) is 23.8 Å². The number of hydrogen-bond acceptors (Lipinski definition) is 4. The minimum Gasteiger partial charge on any atom is -0.476 e. The lowest BCUT2D eigenvalue weighted by atomic mass is 10.1. The molecule has 1 aromatic carbocycles. The Bertz CT molecular complexity index is 635. The molecule has 0 atom stereocenters. The molecule has 0 bridgehead atoms. The van der Waals surface area contributed by atoms with E-state index in [-0.39, 0.29) is 11.4 Å². The van der Waals surface area contributed by atoms with E-state index in [2.05, 4.69) is 15.4 Å². The lowest BCUT2D eigenvalue weighted by Gasteiger charge is -1.93. The van der Waals surface area contributed by atoms with Gasteiger partial charge in [0.1, 0.15) is 5.69 Å². The molecule has 0 unspecified atom stereocenters. The lowest BCUT2D eigenvalue weighted by molar-refractivity contribution is 0.0690. The van der Waals surface area contributed by atoms with E-state index < -0.39 is 5.97 Å². The molecule has 0 amide bonds. The van der Waals surface area contributed by atoms with Crippen LogP contribution in [0.5, 0.6) is 0 Å². The van der Waals surface area contributed by atoms with Crippen LogP contribution in [0.2, 0.25) is 0 Å². The van der Waals surface area contributed by atoms with Crippen molar-refractivity contribution in [2.45, 2.75) is 0 Å². The van der Waals surface area contributed by atoms with Crippen LogP contribution in [0.15, 0.2) is 24.3 Å². The van der Waals surface area contributed by atoms with Gasteiger partial charge in [0.25, 0.3) is 0 Å². The molecule has 2 rings (SSSR count). The summed E-state index contributed by atoms with van der Waals surface area (Å²) in [7, 11) is 0. The maximum atomic E-state index is 10.8. The Kier molecular flexibility index (Phi) is 3.16. The fraction of sp³-hybridized carbons (Fsp3) is 0.